The lowest BCUT2D eigenvalue weighted by Crippen LogP contribution is -2.77. The highest BCUT2D eigenvalue weighted by Gasteiger charge is 2.76. The molecule has 2 aliphatic heterocycles. The molecule has 24 heavy (non-hydrogen) atoms. The lowest BCUT2D eigenvalue weighted by molar-refractivity contribution is -0.431. The third kappa shape index (κ3) is 1.48. The SMILES string of the molecule is C[C@@]12C=C[C@]3(CC[C@@H]4[C@@]5(CO[C@](O)([C@H](O)C5)[C@@]4(C)CO)[C@H]3CC1)C2. The number of rotatable bonds is 1. The largest absolute Gasteiger partial charge is 0.396 e. The molecule has 0 aromatic heterocycles. The van der Waals surface area contributed by atoms with Crippen molar-refractivity contribution in [2.24, 2.45) is 33.5 Å². The lowest BCUT2D eigenvalue weighted by atomic mass is 9.37. The Morgan fingerprint density at radius 3 is 2.58 bits per heavy atom. The van der Waals surface area contributed by atoms with E-state index < -0.39 is 17.3 Å². The third-order valence-electron chi connectivity index (χ3n) is 9.04. The Morgan fingerprint density at radius 2 is 1.88 bits per heavy atom. The Hall–Kier alpha value is -0.420. The zero-order chi connectivity index (χ0) is 17.0. The molecule has 2 spiro atoms. The highest BCUT2D eigenvalue weighted by molar-refractivity contribution is 5.28. The smallest absolute Gasteiger partial charge is 0.200 e. The van der Waals surface area contributed by atoms with Crippen molar-refractivity contribution >= 4 is 0 Å². The van der Waals surface area contributed by atoms with Crippen LogP contribution in [0.1, 0.15) is 52.4 Å². The number of ether oxygens (including phenoxy) is 1. The molecular weight excluding hydrogens is 304 g/mol. The summed E-state index contributed by atoms with van der Waals surface area (Å²) in [6.07, 6.45) is 10.3. The van der Waals surface area contributed by atoms with E-state index in [0.29, 0.717) is 24.4 Å². The van der Waals surface area contributed by atoms with Gasteiger partial charge in [-0.25, -0.2) is 0 Å². The minimum absolute atomic E-state index is 0.115. The van der Waals surface area contributed by atoms with E-state index in [1.807, 2.05) is 6.92 Å². The van der Waals surface area contributed by atoms with Crippen molar-refractivity contribution in [2.75, 3.05) is 13.2 Å². The van der Waals surface area contributed by atoms with Crippen molar-refractivity contribution < 1.29 is 20.1 Å². The van der Waals surface area contributed by atoms with Gasteiger partial charge in [0.1, 0.15) is 6.10 Å². The molecule has 6 rings (SSSR count). The molecule has 4 bridgehead atoms. The van der Waals surface area contributed by atoms with Gasteiger partial charge in [-0.1, -0.05) is 26.0 Å². The normalized spacial score (nSPS) is 64.0. The fourth-order valence-corrected chi connectivity index (χ4v) is 7.91. The molecule has 8 atom stereocenters. The van der Waals surface area contributed by atoms with Crippen molar-refractivity contribution in [3.8, 4) is 0 Å². The number of aliphatic hydroxyl groups excluding tert-OH is 2. The summed E-state index contributed by atoms with van der Waals surface area (Å²) >= 11 is 0. The summed E-state index contributed by atoms with van der Waals surface area (Å²) in [5.74, 6) is -0.903. The summed E-state index contributed by atoms with van der Waals surface area (Å²) in [6, 6.07) is 0. The van der Waals surface area contributed by atoms with Crippen LogP contribution >= 0.6 is 0 Å². The molecule has 3 N–H and O–H groups in total. The number of hydrogen-bond acceptors (Lipinski definition) is 4. The van der Waals surface area contributed by atoms with Crippen molar-refractivity contribution in [2.45, 2.75) is 64.3 Å². The first-order valence-corrected chi connectivity index (χ1v) is 9.59. The molecule has 4 nitrogen and oxygen atoms in total. The van der Waals surface area contributed by atoms with Crippen molar-refractivity contribution in [1.29, 1.82) is 0 Å². The minimum atomic E-state index is -1.60. The summed E-state index contributed by atoms with van der Waals surface area (Å²) in [7, 11) is 0. The van der Waals surface area contributed by atoms with Gasteiger partial charge in [0.15, 0.2) is 5.79 Å². The van der Waals surface area contributed by atoms with Crippen molar-refractivity contribution in [1.82, 2.24) is 0 Å². The molecule has 134 valence electrons. The Bertz CT molecular complexity index is 619. The summed E-state index contributed by atoms with van der Waals surface area (Å²) < 4.78 is 5.94. The maximum Gasteiger partial charge on any atom is 0.200 e. The van der Waals surface area contributed by atoms with Gasteiger partial charge in [0.25, 0.3) is 0 Å². The molecule has 0 unspecified atom stereocenters. The predicted molar refractivity (Wildman–Crippen MR) is 88.9 cm³/mol. The van der Waals surface area contributed by atoms with Gasteiger partial charge >= 0.3 is 0 Å². The number of allylic oxidation sites excluding steroid dienone is 2. The second-order valence-electron chi connectivity index (χ2n) is 10.1. The first-order chi connectivity index (χ1) is 11.2. The maximum absolute atomic E-state index is 11.1. The minimum Gasteiger partial charge on any atom is -0.396 e. The van der Waals surface area contributed by atoms with Gasteiger partial charge in [-0.05, 0) is 61.2 Å². The van der Waals surface area contributed by atoms with Crippen LogP contribution in [-0.4, -0.2) is 40.4 Å². The standard InChI is InChI=1S/C20H30O4/c1-16-5-3-14-18(10-16,8-7-16)6-4-13-17(2,11-21)20(23)15(22)9-19(13,14)12-24-20/h7-8,13-15,21-23H,3-6,9-12H2,1-2H3/t13-,14-,15+,16-,17-,18+,19+,20+/m0/s1. The van der Waals surface area contributed by atoms with E-state index in [1.165, 1.54) is 12.8 Å². The van der Waals surface area contributed by atoms with Crippen LogP contribution in [0.15, 0.2) is 12.2 Å². The molecule has 4 aliphatic carbocycles. The molecule has 6 aliphatic rings. The van der Waals surface area contributed by atoms with Crippen LogP contribution in [-0.2, 0) is 4.74 Å². The molecule has 5 fully saturated rings. The number of hydrogen-bond donors (Lipinski definition) is 3. The van der Waals surface area contributed by atoms with Gasteiger partial charge in [0.2, 0.25) is 0 Å². The quantitative estimate of drug-likeness (QED) is 0.643. The van der Waals surface area contributed by atoms with Gasteiger partial charge < -0.3 is 20.1 Å². The van der Waals surface area contributed by atoms with E-state index in [2.05, 4.69) is 19.1 Å². The summed E-state index contributed by atoms with van der Waals surface area (Å²) in [6.45, 7) is 4.68. The van der Waals surface area contributed by atoms with Gasteiger partial charge in [0.05, 0.1) is 18.6 Å². The summed E-state index contributed by atoms with van der Waals surface area (Å²) in [4.78, 5) is 0. The molecule has 2 saturated heterocycles. The second kappa shape index (κ2) is 4.28. The van der Waals surface area contributed by atoms with Crippen LogP contribution in [0, 0.1) is 33.5 Å². The van der Waals surface area contributed by atoms with Crippen LogP contribution in [0.3, 0.4) is 0 Å². The summed E-state index contributed by atoms with van der Waals surface area (Å²) in [5, 5.41) is 32.0. The molecular formula is C20H30O4. The van der Waals surface area contributed by atoms with E-state index in [-0.39, 0.29) is 23.4 Å². The topological polar surface area (TPSA) is 69.9 Å². The number of fused-ring (bicyclic) bond motifs is 3. The van der Waals surface area contributed by atoms with Crippen LogP contribution in [0.2, 0.25) is 0 Å². The Balaban J connectivity index is 1.64. The Morgan fingerprint density at radius 1 is 1.12 bits per heavy atom. The molecule has 0 radical (unpaired) electrons. The number of aliphatic hydroxyl groups is 3. The molecule has 4 heteroatoms. The van der Waals surface area contributed by atoms with Gasteiger partial charge in [-0.2, -0.15) is 0 Å². The predicted octanol–water partition coefficient (Wildman–Crippen LogP) is 2.23. The van der Waals surface area contributed by atoms with Gasteiger partial charge in [-0.3, -0.25) is 0 Å². The van der Waals surface area contributed by atoms with E-state index in [0.717, 1.165) is 19.3 Å². The average Bonchev–Trinajstić information content (AvgIpc) is 2.80. The maximum atomic E-state index is 11.1. The summed E-state index contributed by atoms with van der Waals surface area (Å²) in [5.41, 5.74) is -0.331. The highest BCUT2D eigenvalue weighted by atomic mass is 16.6. The van der Waals surface area contributed by atoms with E-state index in [1.54, 1.807) is 0 Å². The Labute approximate surface area is 143 Å². The molecule has 3 saturated carbocycles. The highest BCUT2D eigenvalue weighted by Crippen LogP contribution is 2.74. The van der Waals surface area contributed by atoms with E-state index in [4.69, 9.17) is 4.74 Å². The molecule has 0 aromatic carbocycles. The van der Waals surface area contributed by atoms with Crippen LogP contribution in [0.25, 0.3) is 0 Å². The molecule has 0 aromatic rings. The van der Waals surface area contributed by atoms with Gasteiger partial charge in [0, 0.05) is 5.41 Å². The molecule has 0 amide bonds. The fraction of sp³-hybridized carbons (Fsp3) is 0.900. The third-order valence-corrected chi connectivity index (χ3v) is 9.04. The van der Waals surface area contributed by atoms with E-state index in [9.17, 15) is 15.3 Å². The second-order valence-corrected chi connectivity index (χ2v) is 10.1. The lowest BCUT2D eigenvalue weighted by Gasteiger charge is -2.72. The first kappa shape index (κ1) is 15.8. The fourth-order valence-electron chi connectivity index (χ4n) is 7.91. The van der Waals surface area contributed by atoms with E-state index >= 15 is 0 Å². The van der Waals surface area contributed by atoms with Crippen LogP contribution < -0.4 is 0 Å². The average molecular weight is 334 g/mol. The zero-order valence-corrected chi connectivity index (χ0v) is 14.8. The van der Waals surface area contributed by atoms with Gasteiger partial charge in [-0.15, -0.1) is 0 Å². The first-order valence-electron chi connectivity index (χ1n) is 9.59. The van der Waals surface area contributed by atoms with Crippen molar-refractivity contribution in [3.63, 3.8) is 0 Å². The van der Waals surface area contributed by atoms with Crippen molar-refractivity contribution in [3.05, 3.63) is 12.2 Å². The Kier molecular flexibility index (Phi) is 2.82. The zero-order valence-electron chi connectivity index (χ0n) is 14.8. The molecule has 2 heterocycles. The van der Waals surface area contributed by atoms with Crippen LogP contribution in [0.5, 0.6) is 0 Å². The monoisotopic (exact) mass is 334 g/mol. The van der Waals surface area contributed by atoms with Crippen LogP contribution in [0.4, 0.5) is 0 Å².